The number of likely N-dealkylation sites (tertiary alicyclic amines) is 1. The Bertz CT molecular complexity index is 969. The molecule has 0 aliphatic carbocycles. The zero-order valence-corrected chi connectivity index (χ0v) is 17.7. The normalized spacial score (nSPS) is 19.5. The predicted octanol–water partition coefficient (Wildman–Crippen LogP) is 2.48. The molecule has 7 nitrogen and oxygen atoms in total. The third kappa shape index (κ3) is 4.57. The van der Waals surface area contributed by atoms with Crippen LogP contribution in [-0.2, 0) is 19.6 Å². The third-order valence-electron chi connectivity index (χ3n) is 5.58. The number of nitrogens with one attached hydrogen (secondary N) is 1. The van der Waals surface area contributed by atoms with Crippen molar-refractivity contribution in [1.82, 2.24) is 9.21 Å². The predicted molar refractivity (Wildman–Crippen MR) is 115 cm³/mol. The highest BCUT2D eigenvalue weighted by molar-refractivity contribution is 7.89. The largest absolute Gasteiger partial charge is 0.379 e. The molecule has 0 aromatic heterocycles. The number of sulfonamides is 1. The summed E-state index contributed by atoms with van der Waals surface area (Å²) in [5, 5.41) is 2.94. The summed E-state index contributed by atoms with van der Waals surface area (Å²) in [6.45, 7) is 3.21. The van der Waals surface area contributed by atoms with Gasteiger partial charge < -0.3 is 10.1 Å². The first-order chi connectivity index (χ1) is 14.6. The molecular formula is C22H27N3O4S. The van der Waals surface area contributed by atoms with Crippen molar-refractivity contribution in [3.63, 3.8) is 0 Å². The van der Waals surface area contributed by atoms with Gasteiger partial charge in [0.15, 0.2) is 0 Å². The van der Waals surface area contributed by atoms with Crippen LogP contribution in [0.3, 0.4) is 0 Å². The number of carbonyl (C=O) groups excluding carboxylic acids is 1. The fourth-order valence-electron chi connectivity index (χ4n) is 4.04. The molecule has 1 N–H and O–H groups in total. The number of hydrogen-bond acceptors (Lipinski definition) is 5. The first-order valence-electron chi connectivity index (χ1n) is 10.3. The summed E-state index contributed by atoms with van der Waals surface area (Å²) in [5.74, 6) is -0.149. The summed E-state index contributed by atoms with van der Waals surface area (Å²) < 4.78 is 32.6. The van der Waals surface area contributed by atoms with Crippen molar-refractivity contribution >= 4 is 21.6 Å². The summed E-state index contributed by atoms with van der Waals surface area (Å²) in [5.41, 5.74) is 1.42. The Labute approximate surface area is 177 Å². The standard InChI is InChI=1S/C22H27N3O4S/c26-22(21(24-11-4-5-12-24)18-7-2-1-3-8-18)23-19-9-6-10-20(17-19)30(27,28)25-13-15-29-16-14-25/h1-3,6-10,17,21H,4-5,11-16H2,(H,23,26)/t21-/m0/s1. The molecule has 0 spiro atoms. The summed E-state index contributed by atoms with van der Waals surface area (Å²) in [4.78, 5) is 15.6. The molecule has 2 saturated heterocycles. The number of amides is 1. The van der Waals surface area contributed by atoms with E-state index < -0.39 is 16.1 Å². The maximum Gasteiger partial charge on any atom is 0.246 e. The number of benzene rings is 2. The van der Waals surface area contributed by atoms with Crippen molar-refractivity contribution in [3.8, 4) is 0 Å². The van der Waals surface area contributed by atoms with Crippen LogP contribution in [0.5, 0.6) is 0 Å². The first kappa shape index (κ1) is 21.0. The van der Waals surface area contributed by atoms with Crippen LogP contribution in [-0.4, -0.2) is 62.9 Å². The molecule has 0 saturated carbocycles. The number of hydrogen-bond donors (Lipinski definition) is 1. The second-order valence-corrected chi connectivity index (χ2v) is 9.53. The first-order valence-corrected chi connectivity index (χ1v) is 11.8. The molecule has 2 aromatic rings. The minimum Gasteiger partial charge on any atom is -0.379 e. The molecular weight excluding hydrogens is 402 g/mol. The second-order valence-electron chi connectivity index (χ2n) is 7.59. The van der Waals surface area contributed by atoms with Crippen LogP contribution < -0.4 is 5.32 Å². The quantitative estimate of drug-likeness (QED) is 0.763. The lowest BCUT2D eigenvalue weighted by atomic mass is 10.0. The summed E-state index contributed by atoms with van der Waals surface area (Å²) in [7, 11) is -3.62. The number of rotatable bonds is 6. The number of nitrogens with zero attached hydrogens (tertiary/aromatic N) is 2. The Morgan fingerprint density at radius 2 is 1.63 bits per heavy atom. The van der Waals surface area contributed by atoms with Gasteiger partial charge in [-0.15, -0.1) is 0 Å². The van der Waals surface area contributed by atoms with Crippen LogP contribution in [0, 0.1) is 0 Å². The van der Waals surface area contributed by atoms with Crippen molar-refractivity contribution in [2.24, 2.45) is 0 Å². The van der Waals surface area contributed by atoms with Gasteiger partial charge >= 0.3 is 0 Å². The van der Waals surface area contributed by atoms with Crippen LogP contribution in [0.4, 0.5) is 5.69 Å². The lowest BCUT2D eigenvalue weighted by Crippen LogP contribution is -2.40. The molecule has 4 rings (SSSR count). The van der Waals surface area contributed by atoms with Crippen LogP contribution in [0.2, 0.25) is 0 Å². The highest BCUT2D eigenvalue weighted by atomic mass is 32.2. The molecule has 0 unspecified atom stereocenters. The fraction of sp³-hybridized carbons (Fsp3) is 0.409. The molecule has 2 aromatic carbocycles. The zero-order chi connectivity index (χ0) is 21.0. The Kier molecular flexibility index (Phi) is 6.48. The van der Waals surface area contributed by atoms with Crippen molar-refractivity contribution in [3.05, 3.63) is 60.2 Å². The molecule has 8 heteroatoms. The molecule has 0 bridgehead atoms. The zero-order valence-electron chi connectivity index (χ0n) is 16.9. The SMILES string of the molecule is O=C(Nc1cccc(S(=O)(=O)N2CCOCC2)c1)[C@H](c1ccccc1)N1CCCC1. The second kappa shape index (κ2) is 9.26. The minimum absolute atomic E-state index is 0.149. The summed E-state index contributed by atoms with van der Waals surface area (Å²) >= 11 is 0. The number of anilines is 1. The van der Waals surface area contributed by atoms with E-state index in [-0.39, 0.29) is 10.8 Å². The molecule has 2 fully saturated rings. The molecule has 2 heterocycles. The van der Waals surface area contributed by atoms with E-state index in [2.05, 4.69) is 10.2 Å². The van der Waals surface area contributed by atoms with Gasteiger partial charge in [-0.1, -0.05) is 36.4 Å². The van der Waals surface area contributed by atoms with E-state index in [9.17, 15) is 13.2 Å². The number of ether oxygens (including phenoxy) is 1. The topological polar surface area (TPSA) is 79.0 Å². The van der Waals surface area contributed by atoms with E-state index >= 15 is 0 Å². The number of carbonyl (C=O) groups is 1. The van der Waals surface area contributed by atoms with Gasteiger partial charge in [0.2, 0.25) is 15.9 Å². The van der Waals surface area contributed by atoms with Gasteiger partial charge in [0.25, 0.3) is 0 Å². The van der Waals surface area contributed by atoms with Crippen LogP contribution in [0.25, 0.3) is 0 Å². The monoisotopic (exact) mass is 429 g/mol. The molecule has 1 atom stereocenters. The van der Waals surface area contributed by atoms with Crippen LogP contribution >= 0.6 is 0 Å². The minimum atomic E-state index is -3.62. The molecule has 2 aliphatic rings. The van der Waals surface area contributed by atoms with Crippen molar-refractivity contribution in [1.29, 1.82) is 0 Å². The van der Waals surface area contributed by atoms with Gasteiger partial charge in [0.05, 0.1) is 18.1 Å². The summed E-state index contributed by atoms with van der Waals surface area (Å²) in [6.07, 6.45) is 2.15. The molecule has 160 valence electrons. The Balaban J connectivity index is 1.55. The van der Waals surface area contributed by atoms with E-state index in [4.69, 9.17) is 4.74 Å². The van der Waals surface area contributed by atoms with Crippen molar-refractivity contribution in [2.75, 3.05) is 44.7 Å². The smallest absolute Gasteiger partial charge is 0.246 e. The van der Waals surface area contributed by atoms with E-state index in [1.807, 2.05) is 30.3 Å². The van der Waals surface area contributed by atoms with Gasteiger partial charge in [-0.2, -0.15) is 4.31 Å². The van der Waals surface area contributed by atoms with E-state index in [0.717, 1.165) is 31.5 Å². The fourth-order valence-corrected chi connectivity index (χ4v) is 5.50. The van der Waals surface area contributed by atoms with E-state index in [1.165, 1.54) is 10.4 Å². The third-order valence-corrected chi connectivity index (χ3v) is 7.47. The van der Waals surface area contributed by atoms with Gasteiger partial charge in [-0.05, 0) is 49.7 Å². The molecule has 30 heavy (non-hydrogen) atoms. The van der Waals surface area contributed by atoms with Crippen LogP contribution in [0.15, 0.2) is 59.5 Å². The van der Waals surface area contributed by atoms with Crippen molar-refractivity contribution in [2.45, 2.75) is 23.8 Å². The Morgan fingerprint density at radius 3 is 2.33 bits per heavy atom. The van der Waals surface area contributed by atoms with Crippen LogP contribution in [0.1, 0.15) is 24.4 Å². The average molecular weight is 430 g/mol. The van der Waals surface area contributed by atoms with Crippen molar-refractivity contribution < 1.29 is 17.9 Å². The average Bonchev–Trinajstić information content (AvgIpc) is 3.30. The van der Waals surface area contributed by atoms with E-state index in [1.54, 1.807) is 18.2 Å². The maximum absolute atomic E-state index is 13.2. The highest BCUT2D eigenvalue weighted by Crippen LogP contribution is 2.27. The highest BCUT2D eigenvalue weighted by Gasteiger charge is 2.30. The molecule has 1 amide bonds. The Hall–Kier alpha value is -2.26. The van der Waals surface area contributed by atoms with Gasteiger partial charge in [-0.3, -0.25) is 9.69 Å². The Morgan fingerprint density at radius 1 is 0.933 bits per heavy atom. The van der Waals surface area contributed by atoms with Gasteiger partial charge in [0.1, 0.15) is 6.04 Å². The lowest BCUT2D eigenvalue weighted by Gasteiger charge is -2.27. The molecule has 0 radical (unpaired) electrons. The van der Waals surface area contributed by atoms with E-state index in [0.29, 0.717) is 32.0 Å². The van der Waals surface area contributed by atoms with Gasteiger partial charge in [-0.25, -0.2) is 8.42 Å². The lowest BCUT2D eigenvalue weighted by molar-refractivity contribution is -0.121. The number of morpholine rings is 1. The molecule has 2 aliphatic heterocycles. The summed E-state index contributed by atoms with van der Waals surface area (Å²) in [6, 6.07) is 15.8. The maximum atomic E-state index is 13.2. The van der Waals surface area contributed by atoms with Gasteiger partial charge in [0, 0.05) is 18.8 Å².